The maximum absolute atomic E-state index is 12.5. The van der Waals surface area contributed by atoms with Crippen molar-refractivity contribution in [1.29, 1.82) is 0 Å². The summed E-state index contributed by atoms with van der Waals surface area (Å²) in [5.41, 5.74) is 1.05. The summed E-state index contributed by atoms with van der Waals surface area (Å²) < 4.78 is 25.7. The third-order valence-electron chi connectivity index (χ3n) is 3.65. The molecule has 1 N–H and O–H groups in total. The average Bonchev–Trinajstić information content (AvgIpc) is 2.54. The minimum atomic E-state index is -3.75. The number of nitrogens with one attached hydrogen (secondary N) is 1. The summed E-state index contributed by atoms with van der Waals surface area (Å²) in [4.78, 5) is 12.4. The first-order valence-corrected chi connectivity index (χ1v) is 9.61. The second-order valence-electron chi connectivity index (χ2n) is 5.68. The van der Waals surface area contributed by atoms with Crippen molar-refractivity contribution < 1.29 is 13.2 Å². The van der Waals surface area contributed by atoms with Crippen LogP contribution in [0.3, 0.4) is 0 Å². The Kier molecular flexibility index (Phi) is 6.11. The first kappa shape index (κ1) is 19.7. The normalized spacial score (nSPS) is 12.9. The van der Waals surface area contributed by atoms with Gasteiger partial charge in [-0.15, -0.1) is 0 Å². The Balaban J connectivity index is 2.28. The summed E-state index contributed by atoms with van der Waals surface area (Å²) in [7, 11) is -0.941. The van der Waals surface area contributed by atoms with Gasteiger partial charge in [0, 0.05) is 24.7 Å². The van der Waals surface area contributed by atoms with Crippen LogP contribution in [0.4, 0.5) is 0 Å². The van der Waals surface area contributed by atoms with Gasteiger partial charge in [0.1, 0.15) is 4.90 Å². The van der Waals surface area contributed by atoms with Gasteiger partial charge in [-0.25, -0.2) is 12.7 Å². The van der Waals surface area contributed by atoms with E-state index in [-0.39, 0.29) is 21.5 Å². The van der Waals surface area contributed by atoms with Crippen molar-refractivity contribution in [2.24, 2.45) is 0 Å². The summed E-state index contributed by atoms with van der Waals surface area (Å²) in [6.45, 7) is 1.82. The number of hydrogen-bond acceptors (Lipinski definition) is 3. The molecule has 0 saturated carbocycles. The zero-order valence-corrected chi connectivity index (χ0v) is 16.3. The molecule has 0 aliphatic rings. The molecule has 2 aromatic carbocycles. The summed E-state index contributed by atoms with van der Waals surface area (Å²) in [5, 5.41) is 3.45. The van der Waals surface area contributed by atoms with Crippen molar-refractivity contribution in [2.45, 2.75) is 17.9 Å². The number of sulfonamides is 1. The van der Waals surface area contributed by atoms with Crippen LogP contribution >= 0.6 is 23.2 Å². The van der Waals surface area contributed by atoms with Crippen LogP contribution in [-0.2, 0) is 10.0 Å². The summed E-state index contributed by atoms with van der Waals surface area (Å²) in [5.74, 6) is -0.403. The third-order valence-corrected chi connectivity index (χ3v) is 6.18. The number of nitrogens with zero attached hydrogens (tertiary/aromatic N) is 1. The fourth-order valence-corrected chi connectivity index (χ4v) is 3.77. The Bertz CT molecular complexity index is 899. The zero-order chi connectivity index (χ0) is 18.8. The van der Waals surface area contributed by atoms with Crippen LogP contribution in [0.15, 0.2) is 47.4 Å². The van der Waals surface area contributed by atoms with Crippen LogP contribution in [0.25, 0.3) is 0 Å². The Morgan fingerprint density at radius 3 is 2.40 bits per heavy atom. The van der Waals surface area contributed by atoms with Gasteiger partial charge >= 0.3 is 0 Å². The smallest absolute Gasteiger partial charge is 0.251 e. The van der Waals surface area contributed by atoms with Crippen molar-refractivity contribution >= 4 is 39.1 Å². The van der Waals surface area contributed by atoms with Crippen molar-refractivity contribution in [3.63, 3.8) is 0 Å². The Labute approximate surface area is 157 Å². The molecule has 8 heteroatoms. The van der Waals surface area contributed by atoms with Crippen LogP contribution in [0.5, 0.6) is 0 Å². The van der Waals surface area contributed by atoms with Gasteiger partial charge in [0.25, 0.3) is 5.91 Å². The molecule has 5 nitrogen and oxygen atoms in total. The van der Waals surface area contributed by atoms with Gasteiger partial charge in [0.2, 0.25) is 10.0 Å². The van der Waals surface area contributed by atoms with Crippen LogP contribution in [-0.4, -0.2) is 32.7 Å². The molecule has 0 aliphatic heterocycles. The predicted molar refractivity (Wildman–Crippen MR) is 99.7 cm³/mol. The molecule has 0 saturated heterocycles. The van der Waals surface area contributed by atoms with Crippen LogP contribution in [0, 0.1) is 0 Å². The van der Waals surface area contributed by atoms with E-state index in [0.29, 0.717) is 5.02 Å². The molecule has 0 aliphatic carbocycles. The number of hydrogen-bond donors (Lipinski definition) is 1. The maximum atomic E-state index is 12.5. The molecule has 1 atom stereocenters. The molecule has 1 amide bonds. The Morgan fingerprint density at radius 1 is 1.12 bits per heavy atom. The second kappa shape index (κ2) is 7.74. The number of rotatable bonds is 5. The standard InChI is InChI=1S/C17H18Cl2N2O3S/c1-11(12-5-4-6-14(18)9-12)20-17(22)13-7-8-15(19)16(10-13)25(23,24)21(2)3/h4-11H,1-3H3,(H,20,22). The fraction of sp³-hybridized carbons (Fsp3) is 0.235. The SMILES string of the molecule is CC(NC(=O)c1ccc(Cl)c(S(=O)(=O)N(C)C)c1)c1cccc(Cl)c1. The first-order chi connectivity index (χ1) is 11.6. The third kappa shape index (κ3) is 4.52. The lowest BCUT2D eigenvalue weighted by atomic mass is 10.1. The van der Waals surface area contributed by atoms with Gasteiger partial charge in [0.15, 0.2) is 0 Å². The largest absolute Gasteiger partial charge is 0.346 e. The highest BCUT2D eigenvalue weighted by Crippen LogP contribution is 2.25. The second-order valence-corrected chi connectivity index (χ2v) is 8.65. The van der Waals surface area contributed by atoms with E-state index in [4.69, 9.17) is 23.2 Å². The average molecular weight is 401 g/mol. The predicted octanol–water partition coefficient (Wildman–Crippen LogP) is 3.73. The van der Waals surface area contributed by atoms with Gasteiger partial charge in [-0.3, -0.25) is 4.79 Å². The van der Waals surface area contributed by atoms with E-state index in [9.17, 15) is 13.2 Å². The molecular formula is C17H18Cl2N2O3S. The molecule has 25 heavy (non-hydrogen) atoms. The van der Waals surface area contributed by atoms with E-state index in [1.165, 1.54) is 32.3 Å². The van der Waals surface area contributed by atoms with Crippen molar-refractivity contribution in [2.75, 3.05) is 14.1 Å². The minimum absolute atomic E-state index is 0.0631. The van der Waals surface area contributed by atoms with Gasteiger partial charge in [-0.05, 0) is 42.8 Å². The highest BCUT2D eigenvalue weighted by Gasteiger charge is 2.23. The lowest BCUT2D eigenvalue weighted by Gasteiger charge is -2.16. The zero-order valence-electron chi connectivity index (χ0n) is 14.0. The molecule has 134 valence electrons. The van der Waals surface area contributed by atoms with E-state index < -0.39 is 15.9 Å². The molecule has 0 heterocycles. The van der Waals surface area contributed by atoms with Crippen LogP contribution in [0.1, 0.15) is 28.9 Å². The van der Waals surface area contributed by atoms with Gasteiger partial charge in [-0.2, -0.15) is 0 Å². The van der Waals surface area contributed by atoms with Gasteiger partial charge in [-0.1, -0.05) is 35.3 Å². The lowest BCUT2D eigenvalue weighted by molar-refractivity contribution is 0.0939. The van der Waals surface area contributed by atoms with E-state index in [1.807, 2.05) is 13.0 Å². The summed E-state index contributed by atoms with van der Waals surface area (Å²) in [6, 6.07) is 11.0. The monoisotopic (exact) mass is 400 g/mol. The summed E-state index contributed by atoms with van der Waals surface area (Å²) >= 11 is 12.0. The van der Waals surface area contributed by atoms with Crippen LogP contribution < -0.4 is 5.32 Å². The number of halogens is 2. The van der Waals surface area contributed by atoms with Crippen LogP contribution in [0.2, 0.25) is 10.0 Å². The molecule has 2 aromatic rings. The van der Waals surface area contributed by atoms with Gasteiger partial charge in [0.05, 0.1) is 11.1 Å². The number of carbonyl (C=O) groups excluding carboxylic acids is 1. The minimum Gasteiger partial charge on any atom is -0.346 e. The van der Waals surface area contributed by atoms with Gasteiger partial charge < -0.3 is 5.32 Å². The highest BCUT2D eigenvalue weighted by molar-refractivity contribution is 7.89. The summed E-state index contributed by atoms with van der Waals surface area (Å²) in [6.07, 6.45) is 0. The van der Waals surface area contributed by atoms with E-state index >= 15 is 0 Å². The molecule has 0 radical (unpaired) electrons. The maximum Gasteiger partial charge on any atom is 0.251 e. The van der Waals surface area contributed by atoms with E-state index in [2.05, 4.69) is 5.32 Å². The van der Waals surface area contributed by atoms with E-state index in [1.54, 1.807) is 18.2 Å². The lowest BCUT2D eigenvalue weighted by Crippen LogP contribution is -2.27. The first-order valence-electron chi connectivity index (χ1n) is 7.41. The topological polar surface area (TPSA) is 66.5 Å². The Morgan fingerprint density at radius 2 is 1.80 bits per heavy atom. The molecule has 1 unspecified atom stereocenters. The molecule has 0 aromatic heterocycles. The number of benzene rings is 2. The molecule has 0 fully saturated rings. The molecule has 0 bridgehead atoms. The van der Waals surface area contributed by atoms with Crippen molar-refractivity contribution in [1.82, 2.24) is 9.62 Å². The number of amides is 1. The Hall–Kier alpha value is -1.60. The molecule has 2 rings (SSSR count). The fourth-order valence-electron chi connectivity index (χ4n) is 2.18. The quantitative estimate of drug-likeness (QED) is 0.830. The molecular weight excluding hydrogens is 383 g/mol. The van der Waals surface area contributed by atoms with Crippen molar-refractivity contribution in [3.8, 4) is 0 Å². The molecule has 0 spiro atoms. The van der Waals surface area contributed by atoms with E-state index in [0.717, 1.165) is 9.87 Å². The van der Waals surface area contributed by atoms with Crippen molar-refractivity contribution in [3.05, 3.63) is 63.6 Å². The highest BCUT2D eigenvalue weighted by atomic mass is 35.5. The number of carbonyl (C=O) groups is 1.